The van der Waals surface area contributed by atoms with Gasteiger partial charge in [-0.3, -0.25) is 19.4 Å². The molecule has 4 heterocycles. The third kappa shape index (κ3) is 3.80. The Morgan fingerprint density at radius 3 is 2.42 bits per heavy atom. The molecular weight excluding hydrogens is 348 g/mol. The van der Waals surface area contributed by atoms with Gasteiger partial charge in [0.25, 0.3) is 0 Å². The fourth-order valence-electron chi connectivity index (χ4n) is 4.24. The third-order valence-corrected chi connectivity index (χ3v) is 6.76. The molecular formula is C19H28N4O2S. The SMILES string of the molecule is C[C@@H]1NC(=O)[C@H]2CN(Cc3ccc(CN4CCCCC4)s3)CCN2C1=O. The summed E-state index contributed by atoms with van der Waals surface area (Å²) in [4.78, 5) is 33.9. The van der Waals surface area contributed by atoms with Crippen molar-refractivity contribution in [1.29, 1.82) is 0 Å². The van der Waals surface area contributed by atoms with Crippen LogP contribution in [0.1, 0.15) is 35.9 Å². The summed E-state index contributed by atoms with van der Waals surface area (Å²) in [6.45, 7) is 8.25. The topological polar surface area (TPSA) is 55.9 Å². The van der Waals surface area contributed by atoms with Gasteiger partial charge in [-0.2, -0.15) is 0 Å². The number of fused-ring (bicyclic) bond motifs is 1. The molecule has 4 rings (SSSR count). The van der Waals surface area contributed by atoms with Crippen LogP contribution in [0, 0.1) is 0 Å². The van der Waals surface area contributed by atoms with Crippen molar-refractivity contribution in [2.45, 2.75) is 51.4 Å². The molecule has 6 nitrogen and oxygen atoms in total. The van der Waals surface area contributed by atoms with Crippen molar-refractivity contribution in [2.24, 2.45) is 0 Å². The number of carbonyl (C=O) groups is 2. The lowest BCUT2D eigenvalue weighted by atomic mass is 10.0. The first-order valence-corrected chi connectivity index (χ1v) is 10.5. The van der Waals surface area contributed by atoms with Crippen LogP contribution in [0.5, 0.6) is 0 Å². The summed E-state index contributed by atoms with van der Waals surface area (Å²) in [6.07, 6.45) is 4.01. The molecule has 0 aromatic carbocycles. The summed E-state index contributed by atoms with van der Waals surface area (Å²) in [7, 11) is 0. The van der Waals surface area contributed by atoms with Crippen LogP contribution in [0.15, 0.2) is 12.1 Å². The second-order valence-corrected chi connectivity index (χ2v) is 8.97. The monoisotopic (exact) mass is 376 g/mol. The molecule has 142 valence electrons. The van der Waals surface area contributed by atoms with E-state index >= 15 is 0 Å². The predicted molar refractivity (Wildman–Crippen MR) is 102 cm³/mol. The number of rotatable bonds is 4. The van der Waals surface area contributed by atoms with E-state index in [1.54, 1.807) is 11.8 Å². The van der Waals surface area contributed by atoms with Gasteiger partial charge >= 0.3 is 0 Å². The Hall–Kier alpha value is -1.44. The Labute approximate surface area is 159 Å². The number of hydrogen-bond acceptors (Lipinski definition) is 5. The van der Waals surface area contributed by atoms with E-state index in [1.165, 1.54) is 42.1 Å². The molecule has 3 aliphatic rings. The molecule has 1 N–H and O–H groups in total. The maximum Gasteiger partial charge on any atom is 0.245 e. The van der Waals surface area contributed by atoms with Gasteiger partial charge in [0.1, 0.15) is 12.1 Å². The summed E-state index contributed by atoms with van der Waals surface area (Å²) in [5.41, 5.74) is 0. The van der Waals surface area contributed by atoms with Crippen molar-refractivity contribution in [1.82, 2.24) is 20.0 Å². The normalized spacial score (nSPS) is 28.1. The van der Waals surface area contributed by atoms with Crippen LogP contribution in [0.25, 0.3) is 0 Å². The Bertz CT molecular complexity index is 670. The molecule has 0 radical (unpaired) electrons. The molecule has 2 atom stereocenters. The van der Waals surface area contributed by atoms with Gasteiger partial charge in [-0.25, -0.2) is 0 Å². The van der Waals surface area contributed by atoms with E-state index in [4.69, 9.17) is 0 Å². The van der Waals surface area contributed by atoms with Gasteiger partial charge in [0.15, 0.2) is 0 Å². The molecule has 1 aromatic rings. The van der Waals surface area contributed by atoms with Crippen molar-refractivity contribution in [3.8, 4) is 0 Å². The average molecular weight is 377 g/mol. The maximum absolute atomic E-state index is 12.3. The Kier molecular flexibility index (Phi) is 5.29. The minimum atomic E-state index is -0.389. The molecule has 0 unspecified atom stereocenters. The number of hydrogen-bond donors (Lipinski definition) is 1. The molecule has 3 fully saturated rings. The van der Waals surface area contributed by atoms with Crippen molar-refractivity contribution < 1.29 is 9.59 Å². The number of nitrogens with one attached hydrogen (secondary N) is 1. The van der Waals surface area contributed by atoms with E-state index in [9.17, 15) is 9.59 Å². The largest absolute Gasteiger partial charge is 0.343 e. The third-order valence-electron chi connectivity index (χ3n) is 5.70. The number of piperazine rings is 2. The van der Waals surface area contributed by atoms with Crippen LogP contribution in [0.4, 0.5) is 0 Å². The maximum atomic E-state index is 12.3. The minimum Gasteiger partial charge on any atom is -0.343 e. The molecule has 0 bridgehead atoms. The fraction of sp³-hybridized carbons (Fsp3) is 0.684. The Morgan fingerprint density at radius 1 is 1.00 bits per heavy atom. The van der Waals surface area contributed by atoms with Gasteiger partial charge in [-0.05, 0) is 45.0 Å². The van der Waals surface area contributed by atoms with Gasteiger partial charge in [0.05, 0.1) is 0 Å². The van der Waals surface area contributed by atoms with E-state index < -0.39 is 0 Å². The molecule has 0 saturated carbocycles. The number of piperidine rings is 1. The van der Waals surface area contributed by atoms with Crippen molar-refractivity contribution >= 4 is 23.2 Å². The summed E-state index contributed by atoms with van der Waals surface area (Å²) >= 11 is 1.89. The number of carbonyl (C=O) groups excluding carboxylic acids is 2. The van der Waals surface area contributed by atoms with E-state index in [0.717, 1.165) is 19.6 Å². The van der Waals surface area contributed by atoms with Crippen LogP contribution in [-0.2, 0) is 22.7 Å². The highest BCUT2D eigenvalue weighted by Crippen LogP contribution is 2.24. The molecule has 3 aliphatic heterocycles. The molecule has 0 spiro atoms. The molecule has 3 saturated heterocycles. The lowest BCUT2D eigenvalue weighted by molar-refractivity contribution is -0.152. The van der Waals surface area contributed by atoms with E-state index in [0.29, 0.717) is 13.1 Å². The van der Waals surface area contributed by atoms with Gasteiger partial charge in [0.2, 0.25) is 11.8 Å². The minimum absolute atomic E-state index is 0.0150. The van der Waals surface area contributed by atoms with E-state index in [2.05, 4.69) is 27.2 Å². The van der Waals surface area contributed by atoms with Crippen LogP contribution in [0.3, 0.4) is 0 Å². The number of nitrogens with zero attached hydrogens (tertiary/aromatic N) is 3. The van der Waals surface area contributed by atoms with Crippen molar-refractivity contribution in [3.63, 3.8) is 0 Å². The summed E-state index contributed by atoms with van der Waals surface area (Å²) < 4.78 is 0. The average Bonchev–Trinajstić information content (AvgIpc) is 3.07. The Balaban J connectivity index is 1.34. The van der Waals surface area contributed by atoms with Crippen molar-refractivity contribution in [2.75, 3.05) is 32.7 Å². The fourth-order valence-corrected chi connectivity index (χ4v) is 5.35. The lowest BCUT2D eigenvalue weighted by Gasteiger charge is -2.44. The van der Waals surface area contributed by atoms with Crippen LogP contribution < -0.4 is 5.32 Å². The molecule has 7 heteroatoms. The van der Waals surface area contributed by atoms with Crippen LogP contribution in [-0.4, -0.2) is 71.3 Å². The highest BCUT2D eigenvalue weighted by molar-refractivity contribution is 7.11. The first kappa shape index (κ1) is 17.9. The van der Waals surface area contributed by atoms with Gasteiger partial charge in [-0.15, -0.1) is 11.3 Å². The number of amides is 2. The predicted octanol–water partition coefficient (Wildman–Crippen LogP) is 1.27. The van der Waals surface area contributed by atoms with E-state index in [1.807, 2.05) is 11.3 Å². The molecule has 1 aromatic heterocycles. The first-order chi connectivity index (χ1) is 12.6. The van der Waals surface area contributed by atoms with Crippen LogP contribution in [0.2, 0.25) is 0 Å². The lowest BCUT2D eigenvalue weighted by Crippen LogP contribution is -2.68. The molecule has 0 aliphatic carbocycles. The zero-order valence-electron chi connectivity index (χ0n) is 15.4. The first-order valence-electron chi connectivity index (χ1n) is 9.73. The van der Waals surface area contributed by atoms with Gasteiger partial charge < -0.3 is 10.2 Å². The highest BCUT2D eigenvalue weighted by Gasteiger charge is 2.41. The quantitative estimate of drug-likeness (QED) is 0.860. The zero-order valence-corrected chi connectivity index (χ0v) is 16.3. The van der Waals surface area contributed by atoms with Gasteiger partial charge in [0, 0.05) is 42.5 Å². The summed E-state index contributed by atoms with van der Waals surface area (Å²) in [6, 6.07) is 3.76. The molecule has 26 heavy (non-hydrogen) atoms. The molecule has 2 amide bonds. The summed E-state index contributed by atoms with van der Waals surface area (Å²) in [5, 5.41) is 2.80. The smallest absolute Gasteiger partial charge is 0.245 e. The van der Waals surface area contributed by atoms with Crippen LogP contribution >= 0.6 is 11.3 Å². The number of thiophene rings is 1. The van der Waals surface area contributed by atoms with Gasteiger partial charge in [-0.1, -0.05) is 6.42 Å². The highest BCUT2D eigenvalue weighted by atomic mass is 32.1. The second kappa shape index (κ2) is 7.66. The van der Waals surface area contributed by atoms with Crippen molar-refractivity contribution in [3.05, 3.63) is 21.9 Å². The zero-order chi connectivity index (χ0) is 18.1. The number of likely N-dealkylation sites (tertiary alicyclic amines) is 1. The standard InChI is InChI=1S/C19H28N4O2S/c1-14-19(25)23-10-9-22(13-17(23)18(24)20-14)12-16-6-5-15(26-16)11-21-7-3-2-4-8-21/h5-6,14,17H,2-4,7-13H2,1H3,(H,20,24)/t14-,17+/m0/s1. The Morgan fingerprint density at radius 2 is 1.69 bits per heavy atom. The second-order valence-electron chi connectivity index (χ2n) is 7.72. The van der Waals surface area contributed by atoms with E-state index in [-0.39, 0.29) is 23.9 Å². The summed E-state index contributed by atoms with van der Waals surface area (Å²) in [5.74, 6) is 0.0351.